The van der Waals surface area contributed by atoms with Crippen molar-refractivity contribution in [2.75, 3.05) is 6.61 Å². The molecule has 2 aromatic carbocycles. The smallest absolute Gasteiger partial charge is 0.343 e. The predicted octanol–water partition coefficient (Wildman–Crippen LogP) is 8.66. The second kappa shape index (κ2) is 12.9. The number of esters is 1. The average molecular weight is 491 g/mol. The van der Waals surface area contributed by atoms with Gasteiger partial charge in [-0.05, 0) is 124 Å². The molecule has 2 fully saturated rings. The van der Waals surface area contributed by atoms with Crippen molar-refractivity contribution in [1.82, 2.24) is 0 Å². The zero-order valence-corrected chi connectivity index (χ0v) is 21.6. The molecule has 0 amide bonds. The normalized spacial score (nSPS) is 24.1. The molecule has 4 rings (SSSR count). The molecule has 3 nitrogen and oxygen atoms in total. The van der Waals surface area contributed by atoms with E-state index in [0.29, 0.717) is 24.0 Å². The zero-order chi connectivity index (χ0) is 25.3. The minimum absolute atomic E-state index is 0.236. The molecule has 4 unspecified atom stereocenters. The Bertz CT molecular complexity index is 1060. The molecule has 2 aliphatic carbocycles. The van der Waals surface area contributed by atoms with Crippen molar-refractivity contribution in [2.24, 2.45) is 17.8 Å². The molecule has 4 heteroatoms. The maximum Gasteiger partial charge on any atom is 0.343 e. The Kier molecular flexibility index (Phi) is 9.38. The van der Waals surface area contributed by atoms with Crippen molar-refractivity contribution in [3.63, 3.8) is 0 Å². The highest BCUT2D eigenvalue weighted by molar-refractivity contribution is 5.91. The molecule has 0 heterocycles. The summed E-state index contributed by atoms with van der Waals surface area (Å²) in [6.45, 7) is 4.51. The van der Waals surface area contributed by atoms with Crippen molar-refractivity contribution in [3.8, 4) is 11.5 Å². The number of hydrogen-bond acceptors (Lipinski definition) is 3. The van der Waals surface area contributed by atoms with E-state index in [9.17, 15) is 4.79 Å². The van der Waals surface area contributed by atoms with E-state index in [4.69, 9.17) is 9.47 Å². The maximum absolute atomic E-state index is 15.2. The fraction of sp³-hybridized carbons (Fsp3) is 0.469. The monoisotopic (exact) mass is 490 g/mol. The van der Waals surface area contributed by atoms with Crippen LogP contribution >= 0.6 is 0 Å². The summed E-state index contributed by atoms with van der Waals surface area (Å²) in [7, 11) is 0. The van der Waals surface area contributed by atoms with Gasteiger partial charge in [0, 0.05) is 0 Å². The predicted molar refractivity (Wildman–Crippen MR) is 143 cm³/mol. The largest absolute Gasteiger partial charge is 0.490 e. The highest BCUT2D eigenvalue weighted by atomic mass is 19.1. The summed E-state index contributed by atoms with van der Waals surface area (Å²) < 4.78 is 26.2. The first-order valence-electron chi connectivity index (χ1n) is 13.5. The van der Waals surface area contributed by atoms with Crippen LogP contribution in [0.25, 0.3) is 0 Å². The molecule has 36 heavy (non-hydrogen) atoms. The minimum Gasteiger partial charge on any atom is -0.490 e. The van der Waals surface area contributed by atoms with Gasteiger partial charge in [-0.3, -0.25) is 0 Å². The van der Waals surface area contributed by atoms with Gasteiger partial charge < -0.3 is 9.47 Å². The number of carbonyl (C=O) groups is 1. The number of carbonyl (C=O) groups excluding carboxylic acids is 1. The molecule has 0 spiro atoms. The summed E-state index contributed by atoms with van der Waals surface area (Å²) in [5, 5.41) is 0. The summed E-state index contributed by atoms with van der Waals surface area (Å²) >= 11 is 0. The number of halogens is 1. The number of ether oxygens (including phenoxy) is 2. The van der Waals surface area contributed by atoms with Crippen LogP contribution in [0.5, 0.6) is 11.5 Å². The summed E-state index contributed by atoms with van der Waals surface area (Å²) in [5.74, 6) is 2.85. The molecule has 0 radical (unpaired) electrons. The molecule has 0 aliphatic heterocycles. The van der Waals surface area contributed by atoms with Gasteiger partial charge in [0.15, 0.2) is 0 Å². The quantitative estimate of drug-likeness (QED) is 0.200. The molecule has 2 aromatic rings. The van der Waals surface area contributed by atoms with E-state index < -0.39 is 5.97 Å². The molecular weight excluding hydrogens is 451 g/mol. The lowest BCUT2D eigenvalue weighted by atomic mass is 9.63. The lowest BCUT2D eigenvalue weighted by molar-refractivity contribution is 0.0734. The fourth-order valence-electron chi connectivity index (χ4n) is 6.03. The highest BCUT2D eigenvalue weighted by Crippen LogP contribution is 2.48. The van der Waals surface area contributed by atoms with E-state index in [1.54, 1.807) is 36.4 Å². The third kappa shape index (κ3) is 6.87. The minimum atomic E-state index is -0.553. The van der Waals surface area contributed by atoms with E-state index in [-0.39, 0.29) is 17.3 Å². The van der Waals surface area contributed by atoms with Crippen molar-refractivity contribution in [3.05, 3.63) is 83.7 Å². The van der Waals surface area contributed by atoms with Crippen molar-refractivity contribution >= 4 is 5.97 Å². The first-order chi connectivity index (χ1) is 17.6. The number of fused-ring (bicyclic) bond motifs is 1. The van der Waals surface area contributed by atoms with Gasteiger partial charge in [-0.1, -0.05) is 36.8 Å². The molecule has 4 atom stereocenters. The van der Waals surface area contributed by atoms with Gasteiger partial charge in [0.05, 0.1) is 5.56 Å². The van der Waals surface area contributed by atoms with E-state index in [0.717, 1.165) is 30.2 Å². The summed E-state index contributed by atoms with van der Waals surface area (Å²) in [6, 6.07) is 11.7. The zero-order valence-electron chi connectivity index (χ0n) is 21.6. The fourth-order valence-corrected chi connectivity index (χ4v) is 6.03. The number of rotatable bonds is 9. The van der Waals surface area contributed by atoms with Gasteiger partial charge in [0.1, 0.15) is 23.9 Å². The summed E-state index contributed by atoms with van der Waals surface area (Å²) in [5.41, 5.74) is 0.989. The molecule has 192 valence electrons. The Hall–Kier alpha value is -2.88. The van der Waals surface area contributed by atoms with Gasteiger partial charge in [-0.2, -0.15) is 0 Å². The van der Waals surface area contributed by atoms with E-state index in [1.807, 2.05) is 19.1 Å². The van der Waals surface area contributed by atoms with Crippen LogP contribution in [0, 0.1) is 23.6 Å². The molecule has 2 aliphatic rings. The van der Waals surface area contributed by atoms with Crippen LogP contribution in [-0.4, -0.2) is 12.6 Å². The Labute approximate surface area is 215 Å². The molecular formula is C32H39FO3. The maximum atomic E-state index is 15.2. The van der Waals surface area contributed by atoms with E-state index >= 15 is 4.39 Å². The van der Waals surface area contributed by atoms with E-state index in [1.165, 1.54) is 44.6 Å². The average Bonchev–Trinajstić information content (AvgIpc) is 2.89. The SMILES string of the molecule is C/C=C/CCC1CCC2CC(c3ccc(C(=O)Oc4ccc(OC/C=C/C)cc4)cc3F)CCC2C1. The topological polar surface area (TPSA) is 35.5 Å². The first kappa shape index (κ1) is 26.2. The number of benzene rings is 2. The molecule has 0 N–H and O–H groups in total. The van der Waals surface area contributed by atoms with Crippen molar-refractivity contribution in [2.45, 2.75) is 71.1 Å². The van der Waals surface area contributed by atoms with Crippen molar-refractivity contribution in [1.29, 1.82) is 0 Å². The molecule has 0 bridgehead atoms. The first-order valence-corrected chi connectivity index (χ1v) is 13.5. The van der Waals surface area contributed by atoms with Crippen LogP contribution in [-0.2, 0) is 0 Å². The Morgan fingerprint density at radius 1 is 0.917 bits per heavy atom. The Morgan fingerprint density at radius 2 is 1.64 bits per heavy atom. The van der Waals surface area contributed by atoms with Crippen LogP contribution in [0.2, 0.25) is 0 Å². The van der Waals surface area contributed by atoms with Crippen LogP contribution in [0.1, 0.15) is 87.1 Å². The van der Waals surface area contributed by atoms with Crippen LogP contribution < -0.4 is 9.47 Å². The van der Waals surface area contributed by atoms with Crippen molar-refractivity contribution < 1.29 is 18.7 Å². The van der Waals surface area contributed by atoms with Gasteiger partial charge in [-0.15, -0.1) is 0 Å². The third-order valence-corrected chi connectivity index (χ3v) is 7.99. The third-order valence-electron chi connectivity index (χ3n) is 7.99. The lowest BCUT2D eigenvalue weighted by Crippen LogP contribution is -2.30. The second-order valence-corrected chi connectivity index (χ2v) is 10.3. The van der Waals surface area contributed by atoms with Crippen LogP contribution in [0.4, 0.5) is 4.39 Å². The highest BCUT2D eigenvalue weighted by Gasteiger charge is 2.36. The van der Waals surface area contributed by atoms with E-state index in [2.05, 4.69) is 19.1 Å². The van der Waals surface area contributed by atoms with Gasteiger partial charge in [0.2, 0.25) is 0 Å². The summed E-state index contributed by atoms with van der Waals surface area (Å²) in [6.07, 6.45) is 18.0. The lowest BCUT2D eigenvalue weighted by Gasteiger charge is -2.42. The molecule has 2 saturated carbocycles. The standard InChI is InChI=1S/C32H39FO3/c1-3-5-7-8-23-9-10-25-21-26(12-11-24(25)20-23)30-18-13-27(22-31(30)33)32(34)36-29-16-14-28(15-17-29)35-19-6-4-2/h3-6,13-18,22-26H,7-12,19-21H2,1-2H3/b5-3+,6-4+. The number of allylic oxidation sites excluding steroid dienone is 3. The van der Waals surface area contributed by atoms with Gasteiger partial charge >= 0.3 is 5.97 Å². The Morgan fingerprint density at radius 3 is 2.39 bits per heavy atom. The van der Waals surface area contributed by atoms with Gasteiger partial charge in [0.25, 0.3) is 0 Å². The Balaban J connectivity index is 1.31. The summed E-state index contributed by atoms with van der Waals surface area (Å²) in [4.78, 5) is 12.6. The molecule has 0 saturated heterocycles. The van der Waals surface area contributed by atoms with Gasteiger partial charge in [-0.25, -0.2) is 9.18 Å². The van der Waals surface area contributed by atoms with Crippen LogP contribution in [0.15, 0.2) is 66.8 Å². The van der Waals surface area contributed by atoms with Crippen LogP contribution in [0.3, 0.4) is 0 Å². The number of hydrogen-bond donors (Lipinski definition) is 0. The second-order valence-electron chi connectivity index (χ2n) is 10.3. The molecule has 0 aromatic heterocycles.